The fourth-order valence-electron chi connectivity index (χ4n) is 3.26. The van der Waals surface area contributed by atoms with Gasteiger partial charge >= 0.3 is 0 Å². The number of hydrogen-bond donors (Lipinski definition) is 2. The Balaban J connectivity index is 1.43. The van der Waals surface area contributed by atoms with E-state index in [1.165, 1.54) is 11.5 Å². The number of para-hydroxylation sites is 1. The van der Waals surface area contributed by atoms with Crippen molar-refractivity contribution in [2.75, 3.05) is 10.6 Å². The summed E-state index contributed by atoms with van der Waals surface area (Å²) >= 11 is 1.29. The quantitative estimate of drug-likeness (QED) is 0.704. The highest BCUT2D eigenvalue weighted by molar-refractivity contribution is 7.03. The number of carbonyl (C=O) groups excluding carboxylic acids is 2. The number of fused-ring (bicyclic) bond motifs is 1. The van der Waals surface area contributed by atoms with Gasteiger partial charge in [-0.25, -0.2) is 0 Å². The van der Waals surface area contributed by atoms with E-state index in [0.717, 1.165) is 33.8 Å². The first-order valence-corrected chi connectivity index (χ1v) is 9.53. The van der Waals surface area contributed by atoms with Crippen molar-refractivity contribution >= 4 is 34.7 Å². The Labute approximate surface area is 160 Å². The molecular formula is C20H18N4O2S. The molecule has 1 aromatic heterocycles. The number of nitrogens with zero attached hydrogens (tertiary/aromatic N) is 2. The van der Waals surface area contributed by atoms with E-state index in [1.54, 1.807) is 0 Å². The average molecular weight is 378 g/mol. The monoisotopic (exact) mass is 378 g/mol. The van der Waals surface area contributed by atoms with Crippen LogP contribution in [0.4, 0.5) is 11.4 Å². The number of anilines is 2. The third-order valence-corrected chi connectivity index (χ3v) is 5.24. The molecule has 0 saturated heterocycles. The lowest BCUT2D eigenvalue weighted by atomic mass is 9.95. The van der Waals surface area contributed by atoms with Gasteiger partial charge in [-0.3, -0.25) is 9.59 Å². The summed E-state index contributed by atoms with van der Waals surface area (Å²) in [4.78, 5) is 24.6. The molecule has 1 aliphatic heterocycles. The molecule has 0 spiro atoms. The summed E-state index contributed by atoms with van der Waals surface area (Å²) in [5, 5.41) is 11.8. The van der Waals surface area contributed by atoms with Crippen LogP contribution in [0.5, 0.6) is 0 Å². The minimum Gasteiger partial charge on any atom is -0.326 e. The smallest absolute Gasteiger partial charge is 0.232 e. The first-order valence-electron chi connectivity index (χ1n) is 8.69. The first kappa shape index (κ1) is 17.4. The fraction of sp³-hybridized carbons (Fsp3) is 0.200. The lowest BCUT2D eigenvalue weighted by Gasteiger charge is -2.12. The number of amides is 2. The molecule has 136 valence electrons. The van der Waals surface area contributed by atoms with Gasteiger partial charge in [0.2, 0.25) is 11.8 Å². The highest BCUT2D eigenvalue weighted by Gasteiger charge is 2.30. The summed E-state index contributed by atoms with van der Waals surface area (Å²) in [5.41, 5.74) is 5.22. The lowest BCUT2D eigenvalue weighted by molar-refractivity contribution is -0.118. The van der Waals surface area contributed by atoms with Crippen LogP contribution in [0.3, 0.4) is 0 Å². The summed E-state index contributed by atoms with van der Waals surface area (Å²) in [6, 6.07) is 13.4. The average Bonchev–Trinajstić information content (AvgIpc) is 3.29. The van der Waals surface area contributed by atoms with Crippen LogP contribution in [0.15, 0.2) is 47.8 Å². The minimum absolute atomic E-state index is 0.0433. The standard InChI is InChI=1S/C20H18N4O2S/c1-12-6-7-13(18-11-27-24-23-18)10-17(12)21-19(25)9-8-15-14-4-2-3-5-16(14)22-20(15)26/h2-7,10-11,15H,8-9H2,1H3,(H,21,25)(H,22,26). The van der Waals surface area contributed by atoms with Crippen molar-refractivity contribution < 1.29 is 9.59 Å². The highest BCUT2D eigenvalue weighted by Crippen LogP contribution is 2.35. The van der Waals surface area contributed by atoms with Crippen LogP contribution < -0.4 is 10.6 Å². The molecule has 4 rings (SSSR count). The van der Waals surface area contributed by atoms with Crippen LogP contribution in [0.25, 0.3) is 11.3 Å². The van der Waals surface area contributed by atoms with Gasteiger partial charge < -0.3 is 10.6 Å². The highest BCUT2D eigenvalue weighted by atomic mass is 32.1. The van der Waals surface area contributed by atoms with Gasteiger partial charge in [0, 0.05) is 28.7 Å². The molecule has 7 heteroatoms. The van der Waals surface area contributed by atoms with Crippen molar-refractivity contribution in [1.82, 2.24) is 9.59 Å². The zero-order valence-electron chi connectivity index (χ0n) is 14.7. The molecular weight excluding hydrogens is 360 g/mol. The fourth-order valence-corrected chi connectivity index (χ4v) is 3.72. The van der Waals surface area contributed by atoms with Gasteiger partial charge in [0.05, 0.1) is 5.92 Å². The Hall–Kier alpha value is -3.06. The van der Waals surface area contributed by atoms with E-state index in [-0.39, 0.29) is 24.2 Å². The Bertz CT molecular complexity index is 1000. The molecule has 0 fully saturated rings. The number of hydrogen-bond acceptors (Lipinski definition) is 5. The van der Waals surface area contributed by atoms with E-state index in [2.05, 4.69) is 20.2 Å². The summed E-state index contributed by atoms with van der Waals surface area (Å²) < 4.78 is 3.88. The zero-order chi connectivity index (χ0) is 18.8. The van der Waals surface area contributed by atoms with Gasteiger partial charge in [-0.15, -0.1) is 5.10 Å². The van der Waals surface area contributed by atoms with Crippen LogP contribution in [0.1, 0.15) is 29.9 Å². The maximum absolute atomic E-state index is 12.5. The number of aromatic nitrogens is 2. The number of benzene rings is 2. The van der Waals surface area contributed by atoms with Crippen molar-refractivity contribution in [3.8, 4) is 11.3 Å². The van der Waals surface area contributed by atoms with Gasteiger partial charge in [-0.2, -0.15) is 0 Å². The topological polar surface area (TPSA) is 84.0 Å². The molecule has 1 unspecified atom stereocenters. The molecule has 3 aromatic rings. The largest absolute Gasteiger partial charge is 0.326 e. The Morgan fingerprint density at radius 2 is 2.11 bits per heavy atom. The predicted molar refractivity (Wildman–Crippen MR) is 106 cm³/mol. The number of carbonyl (C=O) groups is 2. The molecule has 0 bridgehead atoms. The first-order chi connectivity index (χ1) is 13.1. The van der Waals surface area contributed by atoms with Gasteiger partial charge in [0.15, 0.2) is 0 Å². The summed E-state index contributed by atoms with van der Waals surface area (Å²) in [5.74, 6) is -0.428. The third-order valence-electron chi connectivity index (χ3n) is 4.74. The summed E-state index contributed by atoms with van der Waals surface area (Å²) in [7, 11) is 0. The van der Waals surface area contributed by atoms with Crippen molar-refractivity contribution in [1.29, 1.82) is 0 Å². The number of aryl methyl sites for hydroxylation is 1. The second-order valence-electron chi connectivity index (χ2n) is 6.54. The Kier molecular flexibility index (Phi) is 4.68. The SMILES string of the molecule is Cc1ccc(-c2csnn2)cc1NC(=O)CCC1C(=O)Nc2ccccc21. The molecule has 2 amide bonds. The molecule has 2 aromatic carbocycles. The van der Waals surface area contributed by atoms with Crippen LogP contribution in [-0.4, -0.2) is 21.4 Å². The van der Waals surface area contributed by atoms with Gasteiger partial charge in [-0.05, 0) is 48.1 Å². The lowest BCUT2D eigenvalue weighted by Crippen LogP contribution is -2.17. The molecule has 2 heterocycles. The van der Waals surface area contributed by atoms with Crippen molar-refractivity contribution in [3.63, 3.8) is 0 Å². The van der Waals surface area contributed by atoms with Crippen LogP contribution >= 0.6 is 11.5 Å². The molecule has 6 nitrogen and oxygen atoms in total. The molecule has 1 aliphatic rings. The van der Waals surface area contributed by atoms with Crippen molar-refractivity contribution in [2.45, 2.75) is 25.7 Å². The minimum atomic E-state index is -0.277. The van der Waals surface area contributed by atoms with E-state index < -0.39 is 0 Å². The van der Waals surface area contributed by atoms with Crippen molar-refractivity contribution in [3.05, 3.63) is 59.0 Å². The molecule has 2 N–H and O–H groups in total. The number of rotatable bonds is 5. The Morgan fingerprint density at radius 1 is 1.26 bits per heavy atom. The van der Waals surface area contributed by atoms with Gasteiger partial charge in [-0.1, -0.05) is 34.8 Å². The van der Waals surface area contributed by atoms with Gasteiger partial charge in [0.25, 0.3) is 0 Å². The second kappa shape index (κ2) is 7.28. The zero-order valence-corrected chi connectivity index (χ0v) is 15.5. The summed E-state index contributed by atoms with van der Waals surface area (Å²) in [6.07, 6.45) is 0.748. The van der Waals surface area contributed by atoms with E-state index in [4.69, 9.17) is 0 Å². The van der Waals surface area contributed by atoms with E-state index >= 15 is 0 Å². The van der Waals surface area contributed by atoms with Crippen LogP contribution in [0, 0.1) is 6.92 Å². The molecule has 0 radical (unpaired) electrons. The van der Waals surface area contributed by atoms with E-state index in [1.807, 2.05) is 54.8 Å². The molecule has 0 saturated carbocycles. The third kappa shape index (κ3) is 3.59. The predicted octanol–water partition coefficient (Wildman–Crippen LogP) is 3.97. The van der Waals surface area contributed by atoms with Crippen LogP contribution in [0.2, 0.25) is 0 Å². The molecule has 1 atom stereocenters. The van der Waals surface area contributed by atoms with Crippen LogP contribution in [-0.2, 0) is 9.59 Å². The Morgan fingerprint density at radius 3 is 2.93 bits per heavy atom. The molecule has 27 heavy (non-hydrogen) atoms. The van der Waals surface area contributed by atoms with Crippen molar-refractivity contribution in [2.24, 2.45) is 0 Å². The number of nitrogens with one attached hydrogen (secondary N) is 2. The van der Waals surface area contributed by atoms with E-state index in [9.17, 15) is 9.59 Å². The van der Waals surface area contributed by atoms with Gasteiger partial charge in [0.1, 0.15) is 5.69 Å². The van der Waals surface area contributed by atoms with E-state index in [0.29, 0.717) is 6.42 Å². The maximum atomic E-state index is 12.5. The summed E-state index contributed by atoms with van der Waals surface area (Å²) in [6.45, 7) is 1.94. The second-order valence-corrected chi connectivity index (χ2v) is 7.15. The maximum Gasteiger partial charge on any atom is 0.232 e. The normalized spacial score (nSPS) is 15.3. The molecule has 0 aliphatic carbocycles.